The molecule has 2 fully saturated rings. The van der Waals surface area contributed by atoms with Gasteiger partial charge >= 0.3 is 5.97 Å². The summed E-state index contributed by atoms with van der Waals surface area (Å²) >= 11 is 0. The normalized spacial score (nSPS) is 23.3. The second kappa shape index (κ2) is 6.40. The second-order valence-electron chi connectivity index (χ2n) is 6.30. The molecule has 2 aliphatic rings. The highest BCUT2D eigenvalue weighted by atomic mass is 16.4. The number of anilines is 1. The number of carboxylic acid groups (broad SMARTS) is 1. The standard InChI is InChI=1S/C17H20N2O4/c20-15(10-7-8-10)18-12-4-1-3-11(9-12)16(21)19-14-6-2-5-13(14)17(22)23/h1,3-4,9-10,13-14H,2,5-8H2,(H,18,20)(H,19,21)(H,22,23)/t13-,14+/m1/s1. The fraction of sp³-hybridized carbons (Fsp3) is 0.471. The number of rotatable bonds is 5. The Morgan fingerprint density at radius 2 is 1.87 bits per heavy atom. The fourth-order valence-corrected chi connectivity index (χ4v) is 3.01. The molecule has 6 heteroatoms. The van der Waals surface area contributed by atoms with E-state index in [1.165, 1.54) is 0 Å². The largest absolute Gasteiger partial charge is 0.481 e. The highest BCUT2D eigenvalue weighted by molar-refractivity contribution is 5.98. The SMILES string of the molecule is O=C(N[C@H]1CCC[C@H]1C(=O)O)c1cccc(NC(=O)C2CC2)c1. The molecule has 2 aliphatic carbocycles. The number of benzene rings is 1. The molecule has 0 aromatic heterocycles. The zero-order valence-electron chi connectivity index (χ0n) is 12.7. The highest BCUT2D eigenvalue weighted by Crippen LogP contribution is 2.30. The maximum atomic E-state index is 12.3. The molecule has 6 nitrogen and oxygen atoms in total. The number of carbonyl (C=O) groups excluding carboxylic acids is 2. The van der Waals surface area contributed by atoms with Crippen molar-refractivity contribution in [3.8, 4) is 0 Å². The number of hydrogen-bond acceptors (Lipinski definition) is 3. The van der Waals surface area contributed by atoms with Crippen molar-refractivity contribution in [3.05, 3.63) is 29.8 Å². The average molecular weight is 316 g/mol. The first kappa shape index (κ1) is 15.5. The molecular formula is C17H20N2O4. The zero-order valence-corrected chi connectivity index (χ0v) is 12.7. The third-order valence-corrected chi connectivity index (χ3v) is 4.49. The zero-order chi connectivity index (χ0) is 16.4. The first-order chi connectivity index (χ1) is 11.0. The third-order valence-electron chi connectivity index (χ3n) is 4.49. The van der Waals surface area contributed by atoms with E-state index < -0.39 is 11.9 Å². The molecular weight excluding hydrogens is 296 g/mol. The van der Waals surface area contributed by atoms with Gasteiger partial charge in [-0.1, -0.05) is 12.5 Å². The molecule has 3 rings (SSSR count). The van der Waals surface area contributed by atoms with Gasteiger partial charge in [0.05, 0.1) is 5.92 Å². The minimum Gasteiger partial charge on any atom is -0.481 e. The summed E-state index contributed by atoms with van der Waals surface area (Å²) in [4.78, 5) is 35.3. The molecule has 0 spiro atoms. The Morgan fingerprint density at radius 3 is 2.57 bits per heavy atom. The maximum Gasteiger partial charge on any atom is 0.308 e. The lowest BCUT2D eigenvalue weighted by Crippen LogP contribution is -2.40. The number of amides is 2. The van der Waals surface area contributed by atoms with Gasteiger partial charge in [0.25, 0.3) is 5.91 Å². The molecule has 0 unspecified atom stereocenters. The quantitative estimate of drug-likeness (QED) is 0.774. The van der Waals surface area contributed by atoms with Crippen LogP contribution in [0.2, 0.25) is 0 Å². The minimum absolute atomic E-state index is 0.00991. The van der Waals surface area contributed by atoms with Crippen molar-refractivity contribution < 1.29 is 19.5 Å². The van der Waals surface area contributed by atoms with Crippen molar-refractivity contribution >= 4 is 23.5 Å². The Bertz CT molecular complexity index is 639. The second-order valence-corrected chi connectivity index (χ2v) is 6.30. The molecule has 2 amide bonds. The van der Waals surface area contributed by atoms with Crippen LogP contribution in [0.4, 0.5) is 5.69 Å². The summed E-state index contributed by atoms with van der Waals surface area (Å²) in [6.07, 6.45) is 3.92. The summed E-state index contributed by atoms with van der Waals surface area (Å²) in [5, 5.41) is 14.8. The van der Waals surface area contributed by atoms with E-state index in [-0.39, 0.29) is 23.8 Å². The van der Waals surface area contributed by atoms with Gasteiger partial charge in [-0.05, 0) is 43.9 Å². The van der Waals surface area contributed by atoms with Crippen molar-refractivity contribution in [2.24, 2.45) is 11.8 Å². The Morgan fingerprint density at radius 1 is 1.09 bits per heavy atom. The molecule has 2 atom stereocenters. The van der Waals surface area contributed by atoms with E-state index in [0.717, 1.165) is 19.3 Å². The molecule has 3 N–H and O–H groups in total. The van der Waals surface area contributed by atoms with E-state index in [9.17, 15) is 14.4 Å². The Balaban J connectivity index is 1.64. The Labute approximate surface area is 134 Å². The Kier molecular flexibility index (Phi) is 4.32. The van der Waals surface area contributed by atoms with Gasteiger partial charge in [-0.3, -0.25) is 14.4 Å². The Hall–Kier alpha value is -2.37. The van der Waals surface area contributed by atoms with Gasteiger partial charge in [-0.2, -0.15) is 0 Å². The van der Waals surface area contributed by atoms with Crippen molar-refractivity contribution in [1.82, 2.24) is 5.32 Å². The highest BCUT2D eigenvalue weighted by Gasteiger charge is 2.34. The molecule has 1 aromatic rings. The van der Waals surface area contributed by atoms with Gasteiger partial charge in [-0.15, -0.1) is 0 Å². The smallest absolute Gasteiger partial charge is 0.308 e. The molecule has 0 aliphatic heterocycles. The van der Waals surface area contributed by atoms with E-state index >= 15 is 0 Å². The van der Waals surface area contributed by atoms with Crippen LogP contribution in [0.1, 0.15) is 42.5 Å². The minimum atomic E-state index is -0.863. The van der Waals surface area contributed by atoms with E-state index in [1.807, 2.05) is 0 Å². The summed E-state index contributed by atoms with van der Waals surface area (Å²) in [7, 11) is 0. The first-order valence-electron chi connectivity index (χ1n) is 7.99. The van der Waals surface area contributed by atoms with Crippen LogP contribution in [-0.2, 0) is 9.59 Å². The topological polar surface area (TPSA) is 95.5 Å². The molecule has 122 valence electrons. The monoisotopic (exact) mass is 316 g/mol. The number of carboxylic acids is 1. The van der Waals surface area contributed by atoms with Gasteiger partial charge in [0.1, 0.15) is 0 Å². The fourth-order valence-electron chi connectivity index (χ4n) is 3.01. The van der Waals surface area contributed by atoms with Crippen molar-refractivity contribution in [2.45, 2.75) is 38.1 Å². The van der Waals surface area contributed by atoms with Gasteiger partial charge < -0.3 is 15.7 Å². The lowest BCUT2D eigenvalue weighted by Gasteiger charge is -2.17. The predicted molar refractivity (Wildman–Crippen MR) is 84.0 cm³/mol. The van der Waals surface area contributed by atoms with Crippen LogP contribution < -0.4 is 10.6 Å². The van der Waals surface area contributed by atoms with Crippen LogP contribution in [0.25, 0.3) is 0 Å². The van der Waals surface area contributed by atoms with E-state index in [1.54, 1.807) is 24.3 Å². The first-order valence-corrected chi connectivity index (χ1v) is 7.99. The van der Waals surface area contributed by atoms with Crippen LogP contribution >= 0.6 is 0 Å². The van der Waals surface area contributed by atoms with Gasteiger partial charge in [0.15, 0.2) is 0 Å². The van der Waals surface area contributed by atoms with Gasteiger partial charge in [-0.25, -0.2) is 0 Å². The van der Waals surface area contributed by atoms with E-state index in [0.29, 0.717) is 24.1 Å². The van der Waals surface area contributed by atoms with Crippen LogP contribution in [0.5, 0.6) is 0 Å². The summed E-state index contributed by atoms with van der Waals surface area (Å²) in [5.74, 6) is -1.59. The summed E-state index contributed by atoms with van der Waals surface area (Å²) in [5.41, 5.74) is 1.02. The molecule has 0 saturated heterocycles. The van der Waals surface area contributed by atoms with Crippen LogP contribution in [0.3, 0.4) is 0 Å². The van der Waals surface area contributed by atoms with Crippen LogP contribution in [0.15, 0.2) is 24.3 Å². The van der Waals surface area contributed by atoms with E-state index in [4.69, 9.17) is 5.11 Å². The molecule has 0 radical (unpaired) electrons. The molecule has 0 heterocycles. The molecule has 2 saturated carbocycles. The number of hydrogen-bond donors (Lipinski definition) is 3. The van der Waals surface area contributed by atoms with Crippen molar-refractivity contribution in [1.29, 1.82) is 0 Å². The molecule has 23 heavy (non-hydrogen) atoms. The third kappa shape index (κ3) is 3.70. The predicted octanol–water partition coefficient (Wildman–Crippen LogP) is 2.02. The summed E-state index contributed by atoms with van der Waals surface area (Å²) < 4.78 is 0. The lowest BCUT2D eigenvalue weighted by atomic mass is 10.0. The number of carbonyl (C=O) groups is 3. The van der Waals surface area contributed by atoms with Crippen molar-refractivity contribution in [2.75, 3.05) is 5.32 Å². The number of aliphatic carboxylic acids is 1. The summed E-state index contributed by atoms with van der Waals surface area (Å²) in [6.45, 7) is 0. The number of nitrogens with one attached hydrogen (secondary N) is 2. The van der Waals surface area contributed by atoms with Crippen LogP contribution in [0, 0.1) is 11.8 Å². The average Bonchev–Trinajstić information content (AvgIpc) is 3.27. The summed E-state index contributed by atoms with van der Waals surface area (Å²) in [6, 6.07) is 6.41. The van der Waals surface area contributed by atoms with E-state index in [2.05, 4.69) is 10.6 Å². The van der Waals surface area contributed by atoms with Gasteiger partial charge in [0.2, 0.25) is 5.91 Å². The van der Waals surface area contributed by atoms with Crippen molar-refractivity contribution in [3.63, 3.8) is 0 Å². The van der Waals surface area contributed by atoms with Gasteiger partial charge in [0, 0.05) is 23.2 Å². The van der Waals surface area contributed by atoms with Crippen LogP contribution in [-0.4, -0.2) is 28.9 Å². The molecule has 1 aromatic carbocycles. The lowest BCUT2D eigenvalue weighted by molar-refractivity contribution is -0.142. The molecule has 0 bridgehead atoms. The maximum absolute atomic E-state index is 12.3.